The summed E-state index contributed by atoms with van der Waals surface area (Å²) in [6.45, 7) is 0.501. The van der Waals surface area contributed by atoms with Crippen LogP contribution in [0.1, 0.15) is 12.8 Å². The molecule has 0 radical (unpaired) electrons. The molecule has 28 heavy (non-hydrogen) atoms. The number of imide groups is 1. The fourth-order valence-corrected chi connectivity index (χ4v) is 4.41. The summed E-state index contributed by atoms with van der Waals surface area (Å²) in [5.74, 6) is -1.55. The smallest absolute Gasteiger partial charge is 0.408 e. The van der Waals surface area contributed by atoms with Crippen LogP contribution in [0.3, 0.4) is 0 Å². The molecule has 3 amide bonds. The van der Waals surface area contributed by atoms with E-state index in [0.29, 0.717) is 37.0 Å². The van der Waals surface area contributed by atoms with Gasteiger partial charge < -0.3 is 9.32 Å². The fourth-order valence-electron chi connectivity index (χ4n) is 4.41. The molecule has 144 valence electrons. The molecule has 2 saturated heterocycles. The number of hydrogen-bond donors (Lipinski definition) is 0. The van der Waals surface area contributed by atoms with E-state index < -0.39 is 5.76 Å². The molecule has 2 atom stereocenters. The number of oxazole rings is 1. The molecule has 2 fully saturated rings. The number of amides is 3. The van der Waals surface area contributed by atoms with Gasteiger partial charge in [0.1, 0.15) is 6.54 Å². The number of fused-ring (bicyclic) bond motifs is 2. The predicted molar refractivity (Wildman–Crippen MR) is 98.0 cm³/mol. The van der Waals surface area contributed by atoms with Crippen molar-refractivity contribution < 1.29 is 18.8 Å². The van der Waals surface area contributed by atoms with Crippen LogP contribution >= 0.6 is 0 Å². The summed E-state index contributed by atoms with van der Waals surface area (Å²) < 4.78 is 6.45. The minimum Gasteiger partial charge on any atom is -0.408 e. The normalized spacial score (nSPS) is 24.7. The van der Waals surface area contributed by atoms with Crippen molar-refractivity contribution in [2.24, 2.45) is 11.8 Å². The molecule has 8 heteroatoms. The van der Waals surface area contributed by atoms with Gasteiger partial charge in [-0.05, 0) is 25.0 Å². The molecule has 3 aliphatic rings. The Morgan fingerprint density at radius 3 is 2.32 bits per heavy atom. The van der Waals surface area contributed by atoms with Crippen LogP contribution < -0.4 is 5.76 Å². The number of hydrogen-bond acceptors (Lipinski definition) is 5. The molecule has 1 aromatic carbocycles. The maximum absolute atomic E-state index is 12.6. The topological polar surface area (TPSA) is 92.8 Å². The second-order valence-electron chi connectivity index (χ2n) is 7.58. The van der Waals surface area contributed by atoms with E-state index in [-0.39, 0.29) is 42.1 Å². The zero-order valence-corrected chi connectivity index (χ0v) is 15.1. The number of likely N-dealkylation sites (tertiary alicyclic amines) is 2. The van der Waals surface area contributed by atoms with Gasteiger partial charge >= 0.3 is 5.76 Å². The average Bonchev–Trinajstić information content (AvgIpc) is 3.10. The molecule has 1 aliphatic carbocycles. The predicted octanol–water partition coefficient (Wildman–Crippen LogP) is 0.757. The largest absolute Gasteiger partial charge is 0.420 e. The highest BCUT2D eigenvalue weighted by Crippen LogP contribution is 2.37. The summed E-state index contributed by atoms with van der Waals surface area (Å²) in [4.78, 5) is 52.8. The number of para-hydroxylation sites is 2. The van der Waals surface area contributed by atoms with Crippen molar-refractivity contribution in [3.8, 4) is 0 Å². The van der Waals surface area contributed by atoms with Crippen molar-refractivity contribution in [3.05, 3.63) is 47.0 Å². The van der Waals surface area contributed by atoms with Crippen molar-refractivity contribution in [1.82, 2.24) is 14.4 Å². The van der Waals surface area contributed by atoms with Crippen LogP contribution in [0.25, 0.3) is 11.1 Å². The van der Waals surface area contributed by atoms with Crippen LogP contribution in [0.15, 0.2) is 45.6 Å². The minimum atomic E-state index is -0.576. The van der Waals surface area contributed by atoms with Gasteiger partial charge in [-0.2, -0.15) is 0 Å². The van der Waals surface area contributed by atoms with Crippen molar-refractivity contribution in [3.63, 3.8) is 0 Å². The van der Waals surface area contributed by atoms with Crippen LogP contribution in [0.2, 0.25) is 0 Å². The van der Waals surface area contributed by atoms with Crippen LogP contribution in [-0.2, 0) is 20.9 Å². The summed E-state index contributed by atoms with van der Waals surface area (Å²) in [5.41, 5.74) is 1.01. The fraction of sp³-hybridized carbons (Fsp3) is 0.400. The Labute approximate surface area is 160 Å². The molecule has 5 rings (SSSR count). The molecule has 0 spiro atoms. The van der Waals surface area contributed by atoms with Gasteiger partial charge in [0.2, 0.25) is 17.7 Å². The van der Waals surface area contributed by atoms with Crippen LogP contribution in [0.4, 0.5) is 0 Å². The number of rotatable bonds is 3. The Balaban J connectivity index is 1.26. The number of nitrogens with zero attached hydrogens (tertiary/aromatic N) is 3. The number of allylic oxidation sites excluding steroid dienone is 2. The first-order valence-electron chi connectivity index (χ1n) is 9.42. The second-order valence-corrected chi connectivity index (χ2v) is 7.58. The molecule has 3 heterocycles. The van der Waals surface area contributed by atoms with Crippen LogP contribution in [0, 0.1) is 11.8 Å². The van der Waals surface area contributed by atoms with E-state index in [2.05, 4.69) is 0 Å². The van der Waals surface area contributed by atoms with Gasteiger partial charge in [-0.3, -0.25) is 23.9 Å². The second kappa shape index (κ2) is 6.19. The van der Waals surface area contributed by atoms with Gasteiger partial charge in [0, 0.05) is 13.1 Å². The third-order valence-electron chi connectivity index (χ3n) is 5.99. The molecule has 8 nitrogen and oxygen atoms in total. The summed E-state index contributed by atoms with van der Waals surface area (Å²) in [6.07, 6.45) is 5.13. The number of benzene rings is 1. The maximum atomic E-state index is 12.6. The highest BCUT2D eigenvalue weighted by molar-refractivity contribution is 6.06. The molecule has 0 saturated carbocycles. The summed E-state index contributed by atoms with van der Waals surface area (Å²) in [7, 11) is 0. The number of aromatic nitrogens is 1. The van der Waals surface area contributed by atoms with Crippen molar-refractivity contribution in [1.29, 1.82) is 0 Å². The molecule has 2 aromatic rings. The molecule has 2 unspecified atom stereocenters. The van der Waals surface area contributed by atoms with E-state index in [1.165, 1.54) is 9.47 Å². The van der Waals surface area contributed by atoms with Crippen LogP contribution in [-0.4, -0.2) is 51.2 Å². The Bertz CT molecular complexity index is 1050. The Morgan fingerprint density at radius 1 is 1.00 bits per heavy atom. The highest BCUT2D eigenvalue weighted by Gasteiger charge is 2.52. The van der Waals surface area contributed by atoms with Gasteiger partial charge in [-0.25, -0.2) is 4.79 Å². The Kier molecular flexibility index (Phi) is 3.75. The standard InChI is InChI=1S/C20H19N3O5/c24-17(11-22-15-7-3-4-8-16(15)28-20(22)27)21-9-12(10-21)23-18(25)13-5-1-2-6-14(13)19(23)26/h1-4,7-8,12-14H,5-6,9-11H2. The molecular weight excluding hydrogens is 362 g/mol. The average molecular weight is 381 g/mol. The van der Waals surface area contributed by atoms with E-state index >= 15 is 0 Å². The van der Waals surface area contributed by atoms with Gasteiger partial charge in [0.15, 0.2) is 5.58 Å². The quantitative estimate of drug-likeness (QED) is 0.578. The van der Waals surface area contributed by atoms with Crippen molar-refractivity contribution in [2.75, 3.05) is 13.1 Å². The van der Waals surface area contributed by atoms with Crippen LogP contribution in [0.5, 0.6) is 0 Å². The highest BCUT2D eigenvalue weighted by atomic mass is 16.4. The van der Waals surface area contributed by atoms with E-state index in [1.807, 2.05) is 12.2 Å². The lowest BCUT2D eigenvalue weighted by molar-refractivity contribution is -0.153. The zero-order valence-electron chi connectivity index (χ0n) is 15.1. The van der Waals surface area contributed by atoms with Crippen molar-refractivity contribution in [2.45, 2.75) is 25.4 Å². The molecule has 2 aliphatic heterocycles. The lowest BCUT2D eigenvalue weighted by Gasteiger charge is -2.43. The first-order valence-corrected chi connectivity index (χ1v) is 9.42. The lowest BCUT2D eigenvalue weighted by Crippen LogP contribution is -2.63. The summed E-state index contributed by atoms with van der Waals surface area (Å²) >= 11 is 0. The van der Waals surface area contributed by atoms with E-state index in [9.17, 15) is 19.2 Å². The van der Waals surface area contributed by atoms with Gasteiger partial charge in [0.25, 0.3) is 0 Å². The Morgan fingerprint density at radius 2 is 1.64 bits per heavy atom. The first-order chi connectivity index (χ1) is 13.5. The third-order valence-corrected chi connectivity index (χ3v) is 5.99. The van der Waals surface area contributed by atoms with Gasteiger partial charge in [-0.15, -0.1) is 0 Å². The summed E-state index contributed by atoms with van der Waals surface area (Å²) in [6, 6.07) is 6.67. The summed E-state index contributed by atoms with van der Waals surface area (Å²) in [5, 5.41) is 0. The van der Waals surface area contributed by atoms with E-state index in [4.69, 9.17) is 4.42 Å². The number of carbonyl (C=O) groups excluding carboxylic acids is 3. The van der Waals surface area contributed by atoms with Gasteiger partial charge in [0.05, 0.1) is 23.4 Å². The number of carbonyl (C=O) groups is 3. The molecule has 0 bridgehead atoms. The van der Waals surface area contributed by atoms with E-state index in [0.717, 1.165) is 0 Å². The third kappa shape index (κ3) is 2.44. The molecular formula is C20H19N3O5. The van der Waals surface area contributed by atoms with Crippen molar-refractivity contribution >= 4 is 28.8 Å². The molecule has 0 N–H and O–H groups in total. The Hall–Kier alpha value is -3.16. The monoisotopic (exact) mass is 381 g/mol. The SMILES string of the molecule is O=C(Cn1c(=O)oc2ccccc21)N1CC(N2C(=O)C3CC=CCC3C2=O)C1. The zero-order chi connectivity index (χ0) is 19.4. The first kappa shape index (κ1) is 17.0. The lowest BCUT2D eigenvalue weighted by atomic mass is 9.85. The van der Waals surface area contributed by atoms with E-state index in [1.54, 1.807) is 29.2 Å². The van der Waals surface area contributed by atoms with Gasteiger partial charge in [-0.1, -0.05) is 24.3 Å². The molecule has 1 aromatic heterocycles. The minimum absolute atomic E-state index is 0.117. The maximum Gasteiger partial charge on any atom is 0.420 e.